The van der Waals surface area contributed by atoms with Gasteiger partial charge in [0.15, 0.2) is 0 Å². The van der Waals surface area contributed by atoms with Gasteiger partial charge in [-0.1, -0.05) is 11.3 Å². The van der Waals surface area contributed by atoms with Crippen molar-refractivity contribution in [2.45, 2.75) is 51.5 Å². The molecule has 0 aromatic carbocycles. The fraction of sp³-hybridized carbons (Fsp3) is 0.474. The number of hydrogen-bond donors (Lipinski definition) is 1. The smallest absolute Gasteiger partial charge is 0.101 e. The average Bonchev–Trinajstić information content (AvgIpc) is 3.37. The van der Waals surface area contributed by atoms with Crippen LogP contribution in [0.15, 0.2) is 43.1 Å². The van der Waals surface area contributed by atoms with Gasteiger partial charge in [0.1, 0.15) is 6.10 Å². The van der Waals surface area contributed by atoms with Gasteiger partial charge in [0, 0.05) is 49.9 Å². The van der Waals surface area contributed by atoms with Crippen molar-refractivity contribution in [3.8, 4) is 0 Å². The Kier molecular flexibility index (Phi) is 5.55. The summed E-state index contributed by atoms with van der Waals surface area (Å²) < 4.78 is 9.82. The van der Waals surface area contributed by atoms with Crippen molar-refractivity contribution in [3.05, 3.63) is 59.9 Å². The third kappa shape index (κ3) is 4.40. The quantitative estimate of drug-likeness (QED) is 0.687. The van der Waals surface area contributed by atoms with Crippen LogP contribution in [0.5, 0.6) is 0 Å². The third-order valence-electron chi connectivity index (χ3n) is 4.83. The maximum absolute atomic E-state index is 6.04. The lowest BCUT2D eigenvalue weighted by Gasteiger charge is -2.31. The standard InChI is InChI=1S/C19H25N7O/c1-2-25-13-16(10-22-25)19-18(6-4-8-27-19)21-11-17-14-26(24-23-17)12-15-5-3-7-20-9-15/h3,5,7,9-10,13-14,18-19,21H,2,4,6,8,11-12H2,1H3/t18-,19+/m0/s1. The molecule has 0 saturated carbocycles. The van der Waals surface area contributed by atoms with E-state index in [1.165, 1.54) is 0 Å². The molecule has 4 rings (SSSR count). The van der Waals surface area contributed by atoms with Crippen LogP contribution in [-0.2, 0) is 24.4 Å². The van der Waals surface area contributed by atoms with Crippen molar-refractivity contribution in [2.24, 2.45) is 0 Å². The molecule has 1 aliphatic heterocycles. The molecule has 0 amide bonds. The van der Waals surface area contributed by atoms with Gasteiger partial charge in [-0.2, -0.15) is 5.10 Å². The predicted molar refractivity (Wildman–Crippen MR) is 99.8 cm³/mol. The Morgan fingerprint density at radius 1 is 1.26 bits per heavy atom. The normalized spacial score (nSPS) is 20.0. The van der Waals surface area contributed by atoms with Crippen LogP contribution in [0.4, 0.5) is 0 Å². The summed E-state index contributed by atoms with van der Waals surface area (Å²) in [5, 5.41) is 16.5. The van der Waals surface area contributed by atoms with Gasteiger partial charge in [0.2, 0.25) is 0 Å². The number of aromatic nitrogens is 6. The van der Waals surface area contributed by atoms with Crippen LogP contribution in [-0.4, -0.2) is 42.4 Å². The van der Waals surface area contributed by atoms with Gasteiger partial charge >= 0.3 is 0 Å². The Morgan fingerprint density at radius 3 is 3.04 bits per heavy atom. The molecule has 0 bridgehead atoms. The minimum atomic E-state index is 0.0319. The van der Waals surface area contributed by atoms with Gasteiger partial charge in [-0.25, -0.2) is 4.68 Å². The van der Waals surface area contributed by atoms with Crippen LogP contribution in [0.3, 0.4) is 0 Å². The zero-order chi connectivity index (χ0) is 18.5. The topological polar surface area (TPSA) is 82.7 Å². The lowest BCUT2D eigenvalue weighted by Crippen LogP contribution is -2.39. The molecule has 1 fully saturated rings. The molecule has 0 unspecified atom stereocenters. The molecule has 8 nitrogen and oxygen atoms in total. The van der Waals surface area contributed by atoms with E-state index in [2.05, 4.69) is 38.8 Å². The Labute approximate surface area is 158 Å². The van der Waals surface area contributed by atoms with Crippen LogP contribution in [0.1, 0.15) is 42.7 Å². The van der Waals surface area contributed by atoms with Crippen LogP contribution >= 0.6 is 0 Å². The number of nitrogens with one attached hydrogen (secondary N) is 1. The van der Waals surface area contributed by atoms with E-state index in [-0.39, 0.29) is 12.1 Å². The first-order valence-corrected chi connectivity index (χ1v) is 9.47. The molecule has 1 N–H and O–H groups in total. The maximum Gasteiger partial charge on any atom is 0.101 e. The molecule has 0 radical (unpaired) electrons. The molecule has 0 aliphatic carbocycles. The minimum absolute atomic E-state index is 0.0319. The summed E-state index contributed by atoms with van der Waals surface area (Å²) in [6, 6.07) is 4.21. The second kappa shape index (κ2) is 8.41. The molecule has 3 aromatic heterocycles. The lowest BCUT2D eigenvalue weighted by molar-refractivity contribution is -0.0113. The summed E-state index contributed by atoms with van der Waals surface area (Å²) in [6.07, 6.45) is 11.8. The first-order chi connectivity index (χ1) is 13.3. The molecule has 2 atom stereocenters. The highest BCUT2D eigenvalue weighted by Gasteiger charge is 2.28. The van der Waals surface area contributed by atoms with Crippen molar-refractivity contribution < 1.29 is 4.74 Å². The van der Waals surface area contributed by atoms with E-state index in [1.54, 1.807) is 6.20 Å². The maximum atomic E-state index is 6.04. The zero-order valence-corrected chi connectivity index (χ0v) is 15.5. The van der Waals surface area contributed by atoms with E-state index in [1.807, 2.05) is 40.1 Å². The van der Waals surface area contributed by atoms with E-state index >= 15 is 0 Å². The first kappa shape index (κ1) is 17.8. The molecule has 1 aliphatic rings. The van der Waals surface area contributed by atoms with E-state index in [9.17, 15) is 0 Å². The predicted octanol–water partition coefficient (Wildman–Crippen LogP) is 1.95. The molecule has 3 aromatic rings. The van der Waals surface area contributed by atoms with Crippen molar-refractivity contribution in [1.82, 2.24) is 35.1 Å². The Morgan fingerprint density at radius 2 is 2.22 bits per heavy atom. The zero-order valence-electron chi connectivity index (χ0n) is 15.5. The van der Waals surface area contributed by atoms with Crippen molar-refractivity contribution in [2.75, 3.05) is 6.61 Å². The number of hydrogen-bond acceptors (Lipinski definition) is 6. The van der Waals surface area contributed by atoms with Gasteiger partial charge in [-0.05, 0) is 31.4 Å². The van der Waals surface area contributed by atoms with Crippen LogP contribution in [0.25, 0.3) is 0 Å². The van der Waals surface area contributed by atoms with Gasteiger partial charge in [-0.3, -0.25) is 9.67 Å². The van der Waals surface area contributed by atoms with Gasteiger partial charge in [0.05, 0.1) is 24.6 Å². The monoisotopic (exact) mass is 367 g/mol. The molecule has 0 spiro atoms. The largest absolute Gasteiger partial charge is 0.372 e. The summed E-state index contributed by atoms with van der Waals surface area (Å²) in [4.78, 5) is 4.14. The highest BCUT2D eigenvalue weighted by Crippen LogP contribution is 2.28. The SMILES string of the molecule is CCn1cc([C@H]2OCCC[C@@H]2NCc2cn(Cc3cccnc3)nn2)cn1. The number of ether oxygens (including phenoxy) is 1. The lowest BCUT2D eigenvalue weighted by atomic mass is 9.98. The Hall–Kier alpha value is -2.58. The first-order valence-electron chi connectivity index (χ1n) is 9.47. The number of aryl methyl sites for hydroxylation is 1. The van der Waals surface area contributed by atoms with Gasteiger partial charge in [0.25, 0.3) is 0 Å². The number of nitrogens with zero attached hydrogens (tertiary/aromatic N) is 6. The third-order valence-corrected chi connectivity index (χ3v) is 4.83. The fourth-order valence-electron chi connectivity index (χ4n) is 3.43. The summed E-state index contributed by atoms with van der Waals surface area (Å²) >= 11 is 0. The van der Waals surface area contributed by atoms with Crippen LogP contribution < -0.4 is 5.32 Å². The fourth-order valence-corrected chi connectivity index (χ4v) is 3.43. The van der Waals surface area contributed by atoms with Crippen molar-refractivity contribution in [3.63, 3.8) is 0 Å². The van der Waals surface area contributed by atoms with Crippen LogP contribution in [0, 0.1) is 0 Å². The second-order valence-electron chi connectivity index (χ2n) is 6.82. The van der Waals surface area contributed by atoms with Gasteiger partial charge < -0.3 is 10.1 Å². The van der Waals surface area contributed by atoms with Crippen molar-refractivity contribution in [1.29, 1.82) is 0 Å². The van der Waals surface area contributed by atoms with E-state index in [4.69, 9.17) is 4.74 Å². The molecular formula is C19H25N7O. The Balaban J connectivity index is 1.37. The summed E-state index contributed by atoms with van der Waals surface area (Å²) in [7, 11) is 0. The van der Waals surface area contributed by atoms with Gasteiger partial charge in [-0.15, -0.1) is 5.10 Å². The Bertz CT molecular complexity index is 845. The molecule has 142 valence electrons. The molecular weight excluding hydrogens is 342 g/mol. The summed E-state index contributed by atoms with van der Waals surface area (Å²) in [5.41, 5.74) is 3.16. The summed E-state index contributed by atoms with van der Waals surface area (Å²) in [5.74, 6) is 0. The highest BCUT2D eigenvalue weighted by atomic mass is 16.5. The molecule has 27 heavy (non-hydrogen) atoms. The van der Waals surface area contributed by atoms with E-state index < -0.39 is 0 Å². The summed E-state index contributed by atoms with van der Waals surface area (Å²) in [6.45, 7) is 5.08. The number of rotatable bonds is 7. The second-order valence-corrected chi connectivity index (χ2v) is 6.82. The molecule has 4 heterocycles. The minimum Gasteiger partial charge on any atom is -0.372 e. The van der Waals surface area contributed by atoms with E-state index in [0.717, 1.165) is 42.8 Å². The number of pyridine rings is 1. The highest BCUT2D eigenvalue weighted by molar-refractivity contribution is 5.13. The average molecular weight is 367 g/mol. The molecule has 1 saturated heterocycles. The van der Waals surface area contributed by atoms with E-state index in [0.29, 0.717) is 13.1 Å². The molecule has 8 heteroatoms. The van der Waals surface area contributed by atoms with Crippen molar-refractivity contribution >= 4 is 0 Å². The van der Waals surface area contributed by atoms with Crippen LogP contribution in [0.2, 0.25) is 0 Å².